The Bertz CT molecular complexity index is 428. The zero-order valence-corrected chi connectivity index (χ0v) is 8.49. The highest BCUT2D eigenvalue weighted by molar-refractivity contribution is 7.86. The van der Waals surface area contributed by atoms with Gasteiger partial charge >= 0.3 is 0 Å². The molecule has 0 unspecified atom stereocenters. The molecule has 0 fully saturated rings. The van der Waals surface area contributed by atoms with E-state index in [4.69, 9.17) is 10.6 Å². The lowest BCUT2D eigenvalue weighted by Crippen LogP contribution is -2.08. The first-order valence-corrected chi connectivity index (χ1v) is 5.74. The molecule has 0 amide bonds. The van der Waals surface area contributed by atoms with Gasteiger partial charge in [0.25, 0.3) is 10.1 Å². The highest BCUT2D eigenvalue weighted by Crippen LogP contribution is 2.17. The highest BCUT2D eigenvalue weighted by Gasteiger charge is 2.14. The highest BCUT2D eigenvalue weighted by atomic mass is 32.2. The van der Waals surface area contributed by atoms with E-state index in [0.717, 1.165) is 6.26 Å². The minimum atomic E-state index is -3.53. The standard InChI is InChI=1S/C10H10O3S/c1-3-10(13-14(2,11)12)9-7-5-4-6-8-9/h1,4-8,10H,2H3/t10-/m0/s1. The van der Waals surface area contributed by atoms with E-state index in [-0.39, 0.29) is 0 Å². The van der Waals surface area contributed by atoms with E-state index < -0.39 is 16.2 Å². The van der Waals surface area contributed by atoms with Crippen molar-refractivity contribution in [1.29, 1.82) is 0 Å². The fourth-order valence-electron chi connectivity index (χ4n) is 0.982. The lowest BCUT2D eigenvalue weighted by atomic mass is 10.1. The molecule has 0 aliphatic carbocycles. The molecule has 74 valence electrons. The largest absolute Gasteiger partial charge is 0.265 e. The Kier molecular flexibility index (Phi) is 3.28. The van der Waals surface area contributed by atoms with Gasteiger partial charge in [-0.05, 0) is 5.56 Å². The van der Waals surface area contributed by atoms with Gasteiger partial charge in [0.2, 0.25) is 0 Å². The van der Waals surface area contributed by atoms with Crippen LogP contribution in [0.5, 0.6) is 0 Å². The summed E-state index contributed by atoms with van der Waals surface area (Å²) in [5.41, 5.74) is 0.653. The Balaban J connectivity index is 2.91. The summed E-state index contributed by atoms with van der Waals surface area (Å²) in [5, 5.41) is 0. The first-order valence-electron chi connectivity index (χ1n) is 3.92. The van der Waals surface area contributed by atoms with Crippen LogP contribution >= 0.6 is 0 Å². The van der Waals surface area contributed by atoms with Crippen molar-refractivity contribution < 1.29 is 12.6 Å². The molecule has 3 nitrogen and oxygen atoms in total. The topological polar surface area (TPSA) is 43.4 Å². The number of hydrogen-bond donors (Lipinski definition) is 0. The van der Waals surface area contributed by atoms with Crippen LogP contribution in [0.15, 0.2) is 30.3 Å². The molecule has 1 aromatic carbocycles. The van der Waals surface area contributed by atoms with Crippen LogP contribution in [0.3, 0.4) is 0 Å². The molecule has 4 heteroatoms. The summed E-state index contributed by atoms with van der Waals surface area (Å²) in [6.45, 7) is 0. The summed E-state index contributed by atoms with van der Waals surface area (Å²) in [6.07, 6.45) is 5.30. The van der Waals surface area contributed by atoms with Crippen molar-refractivity contribution >= 4 is 10.1 Å². The van der Waals surface area contributed by atoms with Gasteiger partial charge in [0, 0.05) is 0 Å². The second-order valence-corrected chi connectivity index (χ2v) is 4.36. The maximum atomic E-state index is 10.9. The molecule has 0 spiro atoms. The van der Waals surface area contributed by atoms with Crippen molar-refractivity contribution in [3.8, 4) is 12.3 Å². The van der Waals surface area contributed by atoms with E-state index in [1.54, 1.807) is 24.3 Å². The molecule has 0 aliphatic rings. The zero-order chi connectivity index (χ0) is 10.6. The first-order chi connectivity index (χ1) is 6.53. The Hall–Kier alpha value is -1.31. The average Bonchev–Trinajstić information content (AvgIpc) is 2.14. The number of rotatable bonds is 3. The number of terminal acetylenes is 1. The van der Waals surface area contributed by atoms with Crippen molar-refractivity contribution in [1.82, 2.24) is 0 Å². The maximum absolute atomic E-state index is 10.9. The van der Waals surface area contributed by atoms with Crippen LogP contribution in [-0.2, 0) is 14.3 Å². The lowest BCUT2D eigenvalue weighted by Gasteiger charge is -2.09. The molecule has 1 atom stereocenters. The molecule has 0 radical (unpaired) electrons. The van der Waals surface area contributed by atoms with E-state index in [2.05, 4.69) is 5.92 Å². The molecule has 1 rings (SSSR count). The molecule has 14 heavy (non-hydrogen) atoms. The second-order valence-electron chi connectivity index (χ2n) is 2.76. The van der Waals surface area contributed by atoms with E-state index in [1.807, 2.05) is 6.07 Å². The van der Waals surface area contributed by atoms with Crippen LogP contribution in [0, 0.1) is 12.3 Å². The molecule has 0 saturated heterocycles. The minimum Gasteiger partial charge on any atom is -0.249 e. The van der Waals surface area contributed by atoms with E-state index in [0.29, 0.717) is 5.56 Å². The van der Waals surface area contributed by atoms with E-state index in [1.165, 1.54) is 0 Å². The van der Waals surface area contributed by atoms with Crippen molar-refractivity contribution in [3.63, 3.8) is 0 Å². The van der Waals surface area contributed by atoms with Crippen LogP contribution in [-0.4, -0.2) is 14.7 Å². The van der Waals surface area contributed by atoms with Gasteiger partial charge in [-0.1, -0.05) is 36.3 Å². The average molecular weight is 210 g/mol. The monoisotopic (exact) mass is 210 g/mol. The summed E-state index contributed by atoms with van der Waals surface area (Å²) in [5.74, 6) is 2.27. The van der Waals surface area contributed by atoms with Gasteiger partial charge in [-0.2, -0.15) is 8.42 Å². The van der Waals surface area contributed by atoms with E-state index in [9.17, 15) is 8.42 Å². The summed E-state index contributed by atoms with van der Waals surface area (Å²) in [7, 11) is -3.53. The molecule has 0 aliphatic heterocycles. The van der Waals surface area contributed by atoms with Crippen molar-refractivity contribution in [2.24, 2.45) is 0 Å². The van der Waals surface area contributed by atoms with Gasteiger partial charge in [-0.15, -0.1) is 6.42 Å². The van der Waals surface area contributed by atoms with Gasteiger partial charge in [0.15, 0.2) is 6.10 Å². The predicted molar refractivity (Wildman–Crippen MR) is 53.9 cm³/mol. The smallest absolute Gasteiger partial charge is 0.249 e. The minimum absolute atomic E-state index is 0.653. The summed E-state index contributed by atoms with van der Waals surface area (Å²) >= 11 is 0. The number of hydrogen-bond acceptors (Lipinski definition) is 3. The Morgan fingerprint density at radius 1 is 1.36 bits per heavy atom. The SMILES string of the molecule is C#C[C@H](OS(C)(=O)=O)c1ccccc1. The van der Waals surface area contributed by atoms with Crippen molar-refractivity contribution in [2.75, 3.05) is 6.26 Å². The third kappa shape index (κ3) is 3.21. The molecular weight excluding hydrogens is 200 g/mol. The molecular formula is C10H10O3S. The molecule has 0 N–H and O–H groups in total. The molecule has 0 saturated carbocycles. The van der Waals surface area contributed by atoms with Gasteiger partial charge in [0.05, 0.1) is 6.26 Å². The molecule has 1 aromatic rings. The number of benzene rings is 1. The van der Waals surface area contributed by atoms with Crippen LogP contribution in [0.1, 0.15) is 11.7 Å². The second kappa shape index (κ2) is 4.27. The maximum Gasteiger partial charge on any atom is 0.265 e. The third-order valence-corrected chi connectivity index (χ3v) is 2.07. The predicted octanol–water partition coefficient (Wildman–Crippen LogP) is 1.34. The van der Waals surface area contributed by atoms with Gasteiger partial charge < -0.3 is 0 Å². The van der Waals surface area contributed by atoms with Crippen LogP contribution < -0.4 is 0 Å². The van der Waals surface area contributed by atoms with Gasteiger partial charge in [0.1, 0.15) is 0 Å². The summed E-state index contributed by atoms with van der Waals surface area (Å²) < 4.78 is 26.4. The van der Waals surface area contributed by atoms with Gasteiger partial charge in [-0.25, -0.2) is 4.18 Å². The van der Waals surface area contributed by atoms with Crippen molar-refractivity contribution in [3.05, 3.63) is 35.9 Å². The Morgan fingerprint density at radius 2 is 1.93 bits per heavy atom. The van der Waals surface area contributed by atoms with Crippen molar-refractivity contribution in [2.45, 2.75) is 6.10 Å². The first kappa shape index (κ1) is 10.8. The zero-order valence-electron chi connectivity index (χ0n) is 7.67. The van der Waals surface area contributed by atoms with Gasteiger partial charge in [-0.3, -0.25) is 0 Å². The molecule has 0 heterocycles. The summed E-state index contributed by atoms with van der Waals surface area (Å²) in [6, 6.07) is 8.79. The Labute approximate surface area is 83.8 Å². The van der Waals surface area contributed by atoms with Crippen LogP contribution in [0.4, 0.5) is 0 Å². The fraction of sp³-hybridized carbons (Fsp3) is 0.200. The normalized spacial score (nSPS) is 13.1. The quantitative estimate of drug-likeness (QED) is 0.558. The van der Waals surface area contributed by atoms with Crippen LogP contribution in [0.25, 0.3) is 0 Å². The Morgan fingerprint density at radius 3 is 2.36 bits per heavy atom. The summed E-state index contributed by atoms with van der Waals surface area (Å²) in [4.78, 5) is 0. The molecule has 0 aromatic heterocycles. The molecule has 0 bridgehead atoms. The fourth-order valence-corrected chi connectivity index (χ4v) is 1.50. The lowest BCUT2D eigenvalue weighted by molar-refractivity contribution is 0.273. The third-order valence-electron chi connectivity index (χ3n) is 1.52. The van der Waals surface area contributed by atoms with E-state index >= 15 is 0 Å². The van der Waals surface area contributed by atoms with Crippen LogP contribution in [0.2, 0.25) is 0 Å².